The van der Waals surface area contributed by atoms with Gasteiger partial charge >= 0.3 is 12.4 Å². The molecule has 2 N–H and O–H groups in total. The largest absolute Gasteiger partial charge is 0.416 e. The first-order chi connectivity index (χ1) is 16.8. The summed E-state index contributed by atoms with van der Waals surface area (Å²) in [7, 11) is 0. The van der Waals surface area contributed by atoms with Crippen molar-refractivity contribution in [3.63, 3.8) is 0 Å². The van der Waals surface area contributed by atoms with Crippen LogP contribution in [0.1, 0.15) is 35.6 Å². The van der Waals surface area contributed by atoms with Crippen molar-refractivity contribution in [2.24, 2.45) is 0 Å². The molecule has 2 aliphatic rings. The molecule has 6 nitrogen and oxygen atoms in total. The van der Waals surface area contributed by atoms with Crippen LogP contribution in [0.5, 0.6) is 0 Å². The van der Waals surface area contributed by atoms with E-state index in [1.54, 1.807) is 12.1 Å². The molecule has 0 spiro atoms. The number of benzene rings is 1. The molecule has 1 aromatic heterocycles. The Balaban J connectivity index is 1.60. The van der Waals surface area contributed by atoms with E-state index >= 15 is 0 Å². The molecule has 196 valence electrons. The molecule has 36 heavy (non-hydrogen) atoms. The molecule has 3 heterocycles. The van der Waals surface area contributed by atoms with Gasteiger partial charge in [0.2, 0.25) is 0 Å². The Bertz CT molecular complexity index is 1100. The number of rotatable bonds is 5. The van der Waals surface area contributed by atoms with Gasteiger partial charge in [-0.15, -0.1) is 0 Å². The van der Waals surface area contributed by atoms with Crippen LogP contribution in [0.25, 0.3) is 0 Å². The average molecular weight is 645 g/mol. The number of carbonyl (C=O) groups excluding carboxylic acids is 1. The molecule has 2 aromatic rings. The fourth-order valence-corrected chi connectivity index (χ4v) is 5.70. The zero-order chi connectivity index (χ0) is 26.3. The number of amides is 1. The summed E-state index contributed by atoms with van der Waals surface area (Å²) in [6.45, 7) is 2.87. The van der Waals surface area contributed by atoms with Crippen LogP contribution in [-0.2, 0) is 17.1 Å². The summed E-state index contributed by atoms with van der Waals surface area (Å²) in [5, 5.41) is 0. The summed E-state index contributed by atoms with van der Waals surface area (Å²) in [5.41, 5.74) is 1.58. The lowest BCUT2D eigenvalue weighted by atomic mass is 10.0. The van der Waals surface area contributed by atoms with Crippen molar-refractivity contribution in [2.75, 3.05) is 31.6 Å². The molecule has 1 aromatic carbocycles. The predicted molar refractivity (Wildman–Crippen MR) is 127 cm³/mol. The molecule has 2 saturated heterocycles. The highest BCUT2D eigenvalue weighted by atomic mass is 79.9. The number of fused-ring (bicyclic) bond motifs is 1. The third-order valence-electron chi connectivity index (χ3n) is 6.29. The van der Waals surface area contributed by atoms with Crippen LogP contribution in [0.15, 0.2) is 39.5 Å². The van der Waals surface area contributed by atoms with Gasteiger partial charge in [-0.25, -0.2) is 4.98 Å². The van der Waals surface area contributed by atoms with E-state index in [4.69, 9.17) is 0 Å². The van der Waals surface area contributed by atoms with E-state index in [9.17, 15) is 31.1 Å². The number of aromatic nitrogens is 1. The van der Waals surface area contributed by atoms with E-state index < -0.39 is 41.1 Å². The molecule has 1 amide bonds. The molecule has 1 unspecified atom stereocenters. The molecule has 0 radical (unpaired) electrons. The van der Waals surface area contributed by atoms with Crippen molar-refractivity contribution in [3.8, 4) is 0 Å². The normalized spacial score (nSPS) is 20.2. The van der Waals surface area contributed by atoms with Gasteiger partial charge in [0.15, 0.2) is 0 Å². The van der Waals surface area contributed by atoms with Crippen LogP contribution >= 0.6 is 31.9 Å². The topological polar surface area (TPSA) is 60.5 Å². The molecule has 0 aliphatic carbocycles. The van der Waals surface area contributed by atoms with Crippen LogP contribution in [0.4, 0.5) is 32.0 Å². The van der Waals surface area contributed by atoms with E-state index in [2.05, 4.69) is 52.6 Å². The molecule has 0 bridgehead atoms. The van der Waals surface area contributed by atoms with Gasteiger partial charge in [-0.05, 0) is 75.5 Å². The van der Waals surface area contributed by atoms with Crippen LogP contribution in [0, 0.1) is 0 Å². The highest BCUT2D eigenvalue weighted by molar-refractivity contribution is 9.11. The van der Waals surface area contributed by atoms with E-state index in [0.29, 0.717) is 40.0 Å². The summed E-state index contributed by atoms with van der Waals surface area (Å²) < 4.78 is 80.1. The molecular weight excluding hydrogens is 624 g/mol. The Labute approximate surface area is 219 Å². The van der Waals surface area contributed by atoms with Crippen molar-refractivity contribution in [1.82, 2.24) is 20.2 Å². The standard InChI is InChI=1S/C22H21Br2F6N5O/c23-17-4-3-16(19(24)31-17)18(35-7-6-34-5-1-2-15(34)11-35)20(36)33-32-14-9-12(21(25,26)27)8-13(10-14)22(28,29)30/h3-4,8-10,15,18,32H,1-2,5-7,11H2,(H,33,36)/t15-,18?/m1/s1. The molecule has 2 atom stereocenters. The van der Waals surface area contributed by atoms with E-state index in [-0.39, 0.29) is 12.1 Å². The summed E-state index contributed by atoms with van der Waals surface area (Å²) in [6.07, 6.45) is -7.97. The summed E-state index contributed by atoms with van der Waals surface area (Å²) in [4.78, 5) is 22.0. The van der Waals surface area contributed by atoms with Gasteiger partial charge < -0.3 is 0 Å². The van der Waals surface area contributed by atoms with Crippen molar-refractivity contribution in [3.05, 3.63) is 56.2 Å². The maximum absolute atomic E-state index is 13.4. The van der Waals surface area contributed by atoms with E-state index in [0.717, 1.165) is 25.9 Å². The molecule has 0 saturated carbocycles. The van der Waals surface area contributed by atoms with Gasteiger partial charge in [0.05, 0.1) is 16.8 Å². The van der Waals surface area contributed by atoms with Gasteiger partial charge in [-0.2, -0.15) is 26.3 Å². The Hall–Kier alpha value is -1.90. The first-order valence-corrected chi connectivity index (χ1v) is 12.6. The number of halogens is 8. The average Bonchev–Trinajstić information content (AvgIpc) is 3.26. The Kier molecular flexibility index (Phi) is 7.89. The number of alkyl halides is 6. The predicted octanol–water partition coefficient (Wildman–Crippen LogP) is 5.61. The number of carbonyl (C=O) groups is 1. The fourth-order valence-electron chi connectivity index (χ4n) is 4.61. The number of nitrogens with zero attached hydrogens (tertiary/aromatic N) is 3. The minimum atomic E-state index is -5.00. The first-order valence-electron chi connectivity index (χ1n) is 11.0. The zero-order valence-corrected chi connectivity index (χ0v) is 21.7. The SMILES string of the molecule is O=C(NNc1cc(C(F)(F)F)cc(C(F)(F)F)c1)C(c1ccc(Br)nc1Br)N1CCN2CCC[C@@H]2C1. The van der Waals surface area contributed by atoms with E-state index in [1.165, 1.54) is 0 Å². The Morgan fingerprint density at radius 3 is 2.28 bits per heavy atom. The lowest BCUT2D eigenvalue weighted by molar-refractivity contribution is -0.143. The summed E-state index contributed by atoms with van der Waals surface area (Å²) in [6, 6.07) is 3.78. The molecule has 4 rings (SSSR count). The number of hydrazine groups is 1. The van der Waals surface area contributed by atoms with Gasteiger partial charge in [0, 0.05) is 31.2 Å². The van der Waals surface area contributed by atoms with Crippen molar-refractivity contribution < 1.29 is 31.1 Å². The summed E-state index contributed by atoms with van der Waals surface area (Å²) in [5.74, 6) is -0.641. The van der Waals surface area contributed by atoms with Crippen LogP contribution in [0.2, 0.25) is 0 Å². The second-order valence-corrected chi connectivity index (χ2v) is 10.2. The lowest BCUT2D eigenvalue weighted by Crippen LogP contribution is -2.54. The van der Waals surface area contributed by atoms with Crippen molar-refractivity contribution in [1.29, 1.82) is 0 Å². The number of piperazine rings is 1. The fraction of sp³-hybridized carbons (Fsp3) is 0.455. The van der Waals surface area contributed by atoms with Crippen LogP contribution < -0.4 is 10.9 Å². The number of nitrogens with one attached hydrogen (secondary N) is 2. The number of hydrogen-bond donors (Lipinski definition) is 2. The minimum absolute atomic E-state index is 0.0293. The van der Waals surface area contributed by atoms with Gasteiger partial charge in [-0.3, -0.25) is 25.4 Å². The molecular formula is C22H21Br2F6N5O. The van der Waals surface area contributed by atoms with Crippen molar-refractivity contribution in [2.45, 2.75) is 37.3 Å². The van der Waals surface area contributed by atoms with Gasteiger partial charge in [-0.1, -0.05) is 6.07 Å². The number of pyridine rings is 1. The third kappa shape index (κ3) is 6.14. The Morgan fingerprint density at radius 2 is 1.67 bits per heavy atom. The van der Waals surface area contributed by atoms with Crippen LogP contribution in [-0.4, -0.2) is 52.9 Å². The minimum Gasteiger partial charge on any atom is -0.299 e. The molecule has 2 aliphatic heterocycles. The Morgan fingerprint density at radius 1 is 1.00 bits per heavy atom. The summed E-state index contributed by atoms with van der Waals surface area (Å²) >= 11 is 6.63. The number of hydrogen-bond acceptors (Lipinski definition) is 5. The highest BCUT2D eigenvalue weighted by Gasteiger charge is 2.39. The maximum atomic E-state index is 13.4. The highest BCUT2D eigenvalue weighted by Crippen LogP contribution is 2.38. The smallest absolute Gasteiger partial charge is 0.299 e. The number of anilines is 1. The third-order valence-corrected chi connectivity index (χ3v) is 7.36. The van der Waals surface area contributed by atoms with Gasteiger partial charge in [0.1, 0.15) is 15.2 Å². The van der Waals surface area contributed by atoms with Gasteiger partial charge in [0.25, 0.3) is 5.91 Å². The molecule has 2 fully saturated rings. The van der Waals surface area contributed by atoms with Crippen LogP contribution in [0.3, 0.4) is 0 Å². The molecule has 14 heteroatoms. The monoisotopic (exact) mass is 643 g/mol. The second-order valence-electron chi connectivity index (χ2n) is 8.65. The second kappa shape index (κ2) is 10.5. The van der Waals surface area contributed by atoms with E-state index in [1.807, 2.05) is 4.90 Å². The first kappa shape index (κ1) is 27.1. The quantitative estimate of drug-likeness (QED) is 0.252. The lowest BCUT2D eigenvalue weighted by Gasteiger charge is -2.41. The maximum Gasteiger partial charge on any atom is 0.416 e. The van der Waals surface area contributed by atoms with Crippen molar-refractivity contribution >= 4 is 43.5 Å². The zero-order valence-electron chi connectivity index (χ0n) is 18.6.